The number of pyridine rings is 1. The van der Waals surface area contributed by atoms with Crippen LogP contribution in [0, 0.1) is 5.92 Å². The number of nitrogens with zero attached hydrogens (tertiary/aromatic N) is 1. The molecule has 2 aromatic rings. The third kappa shape index (κ3) is 3.96. The smallest absolute Gasteiger partial charge is 0.308 e. The van der Waals surface area contributed by atoms with E-state index in [1.165, 1.54) is 18.4 Å². The Balaban J connectivity index is 2.01. The summed E-state index contributed by atoms with van der Waals surface area (Å²) in [6, 6.07) is 4.22. The van der Waals surface area contributed by atoms with Crippen molar-refractivity contribution < 1.29 is 14.3 Å². The standard InChI is InChI=1S/C17H20BrNO3S3/c1-10(16(20)22-3)9-17(23-5-4-6-24-17)14-8-12-13(25-14)7-11(18)15(19-12)21-2/h7-8,10H,4-6,9H2,1-3H3. The second kappa shape index (κ2) is 8.06. The summed E-state index contributed by atoms with van der Waals surface area (Å²) in [5.74, 6) is 2.53. The van der Waals surface area contributed by atoms with Crippen molar-refractivity contribution in [2.24, 2.45) is 5.92 Å². The van der Waals surface area contributed by atoms with Gasteiger partial charge in [-0.15, -0.1) is 34.9 Å². The summed E-state index contributed by atoms with van der Waals surface area (Å²) in [4.78, 5) is 17.9. The highest BCUT2D eigenvalue weighted by atomic mass is 79.9. The number of fused-ring (bicyclic) bond motifs is 1. The van der Waals surface area contributed by atoms with Crippen molar-refractivity contribution in [1.29, 1.82) is 0 Å². The third-order valence-electron chi connectivity index (χ3n) is 4.13. The van der Waals surface area contributed by atoms with Crippen molar-refractivity contribution in [2.45, 2.75) is 23.8 Å². The van der Waals surface area contributed by atoms with Crippen LogP contribution in [0.25, 0.3) is 10.2 Å². The van der Waals surface area contributed by atoms with Crippen LogP contribution in [0.5, 0.6) is 5.88 Å². The van der Waals surface area contributed by atoms with Crippen LogP contribution in [-0.2, 0) is 13.6 Å². The number of carbonyl (C=O) groups is 1. The molecule has 4 nitrogen and oxygen atoms in total. The number of hydrogen-bond acceptors (Lipinski definition) is 7. The summed E-state index contributed by atoms with van der Waals surface area (Å²) in [6.07, 6.45) is 1.96. The van der Waals surface area contributed by atoms with Gasteiger partial charge in [0.15, 0.2) is 0 Å². The Bertz CT molecular complexity index is 774. The average Bonchev–Trinajstić information content (AvgIpc) is 3.04. The molecule has 0 amide bonds. The van der Waals surface area contributed by atoms with Crippen LogP contribution >= 0.6 is 50.8 Å². The number of thioether (sulfide) groups is 2. The molecule has 1 aliphatic heterocycles. The van der Waals surface area contributed by atoms with Gasteiger partial charge in [0, 0.05) is 4.88 Å². The summed E-state index contributed by atoms with van der Waals surface area (Å²) in [5.41, 5.74) is 0.942. The van der Waals surface area contributed by atoms with Gasteiger partial charge in [-0.25, -0.2) is 4.98 Å². The first kappa shape index (κ1) is 19.3. The van der Waals surface area contributed by atoms with Gasteiger partial charge in [-0.2, -0.15) is 0 Å². The van der Waals surface area contributed by atoms with E-state index in [1.54, 1.807) is 18.4 Å². The van der Waals surface area contributed by atoms with Crippen molar-refractivity contribution in [2.75, 3.05) is 25.7 Å². The minimum Gasteiger partial charge on any atom is -0.480 e. The summed E-state index contributed by atoms with van der Waals surface area (Å²) in [5, 5.41) is 0. The second-order valence-corrected chi connectivity index (χ2v) is 10.9. The summed E-state index contributed by atoms with van der Waals surface area (Å²) in [7, 11) is 3.08. The van der Waals surface area contributed by atoms with Gasteiger partial charge >= 0.3 is 5.97 Å². The van der Waals surface area contributed by atoms with Crippen LogP contribution in [0.2, 0.25) is 0 Å². The maximum atomic E-state index is 12.0. The Morgan fingerprint density at radius 2 is 2.08 bits per heavy atom. The SMILES string of the molecule is COC(=O)C(C)CC1(c2cc3nc(OC)c(Br)cc3s2)SCCCS1. The quantitative estimate of drug-likeness (QED) is 0.563. The zero-order valence-corrected chi connectivity index (χ0v) is 18.4. The lowest BCUT2D eigenvalue weighted by Crippen LogP contribution is -2.27. The Morgan fingerprint density at radius 1 is 1.36 bits per heavy atom. The lowest BCUT2D eigenvalue weighted by atomic mass is 10.0. The number of hydrogen-bond donors (Lipinski definition) is 0. The van der Waals surface area contributed by atoms with Crippen LogP contribution in [-0.4, -0.2) is 36.7 Å². The Morgan fingerprint density at radius 3 is 2.72 bits per heavy atom. The summed E-state index contributed by atoms with van der Waals surface area (Å²) < 4.78 is 12.1. The molecule has 0 saturated carbocycles. The van der Waals surface area contributed by atoms with Crippen LogP contribution in [0.3, 0.4) is 0 Å². The number of aromatic nitrogens is 1. The highest BCUT2D eigenvalue weighted by Gasteiger charge is 2.40. The van der Waals surface area contributed by atoms with Gasteiger partial charge in [-0.05, 0) is 52.4 Å². The van der Waals surface area contributed by atoms with Crippen molar-refractivity contribution in [3.63, 3.8) is 0 Å². The molecule has 1 atom stereocenters. The van der Waals surface area contributed by atoms with E-state index in [4.69, 9.17) is 9.47 Å². The predicted molar refractivity (Wildman–Crippen MR) is 111 cm³/mol. The second-order valence-electron chi connectivity index (χ2n) is 5.91. The molecular formula is C17H20BrNO3S3. The third-order valence-corrected chi connectivity index (χ3v) is 9.59. The fraction of sp³-hybridized carbons (Fsp3) is 0.529. The average molecular weight is 462 g/mol. The highest BCUT2D eigenvalue weighted by molar-refractivity contribution is 9.10. The van der Waals surface area contributed by atoms with E-state index in [-0.39, 0.29) is 16.0 Å². The topological polar surface area (TPSA) is 48.4 Å². The van der Waals surface area contributed by atoms with E-state index in [9.17, 15) is 4.79 Å². The van der Waals surface area contributed by atoms with Crippen LogP contribution in [0.15, 0.2) is 16.6 Å². The van der Waals surface area contributed by atoms with Crippen molar-refractivity contribution >= 4 is 67.0 Å². The van der Waals surface area contributed by atoms with E-state index in [0.29, 0.717) is 5.88 Å². The van der Waals surface area contributed by atoms with E-state index in [0.717, 1.165) is 32.6 Å². The molecule has 0 aromatic carbocycles. The molecule has 2 aromatic heterocycles. The molecule has 3 heterocycles. The molecule has 0 radical (unpaired) electrons. The Labute approximate surface area is 168 Å². The molecule has 0 bridgehead atoms. The maximum absolute atomic E-state index is 12.0. The van der Waals surface area contributed by atoms with Gasteiger partial charge < -0.3 is 9.47 Å². The lowest BCUT2D eigenvalue weighted by Gasteiger charge is -2.36. The molecule has 136 valence electrons. The lowest BCUT2D eigenvalue weighted by molar-refractivity contribution is -0.145. The summed E-state index contributed by atoms with van der Waals surface area (Å²) >= 11 is 9.16. The van der Waals surface area contributed by atoms with Crippen molar-refractivity contribution in [3.05, 3.63) is 21.5 Å². The summed E-state index contributed by atoms with van der Waals surface area (Å²) in [6.45, 7) is 1.95. The molecule has 1 unspecified atom stereocenters. The predicted octanol–water partition coefficient (Wildman–Crippen LogP) is 5.29. The van der Waals surface area contributed by atoms with Gasteiger partial charge in [-0.3, -0.25) is 4.79 Å². The molecule has 0 N–H and O–H groups in total. The number of thiophene rings is 1. The Hall–Kier alpha value is -0.440. The molecule has 25 heavy (non-hydrogen) atoms. The number of rotatable bonds is 5. The van der Waals surface area contributed by atoms with Crippen LogP contribution in [0.1, 0.15) is 24.6 Å². The van der Waals surface area contributed by atoms with E-state index in [2.05, 4.69) is 33.0 Å². The molecule has 1 saturated heterocycles. The normalized spacial score (nSPS) is 18.1. The van der Waals surface area contributed by atoms with Gasteiger partial charge in [0.1, 0.15) is 0 Å². The first-order chi connectivity index (χ1) is 12.0. The Kier molecular flexibility index (Phi) is 6.23. The van der Waals surface area contributed by atoms with Gasteiger partial charge in [0.2, 0.25) is 5.88 Å². The van der Waals surface area contributed by atoms with Gasteiger partial charge in [0.25, 0.3) is 0 Å². The fourth-order valence-electron chi connectivity index (χ4n) is 2.88. The van der Waals surface area contributed by atoms with Crippen molar-refractivity contribution in [1.82, 2.24) is 4.98 Å². The number of halogens is 1. The molecule has 1 fully saturated rings. The van der Waals surface area contributed by atoms with Gasteiger partial charge in [0.05, 0.1) is 38.9 Å². The first-order valence-electron chi connectivity index (χ1n) is 7.99. The zero-order chi connectivity index (χ0) is 18.0. The number of methoxy groups -OCH3 is 2. The maximum Gasteiger partial charge on any atom is 0.308 e. The van der Waals surface area contributed by atoms with Crippen LogP contribution < -0.4 is 4.74 Å². The van der Waals surface area contributed by atoms with Gasteiger partial charge in [-0.1, -0.05) is 6.92 Å². The van der Waals surface area contributed by atoms with E-state index in [1.807, 2.05) is 30.4 Å². The van der Waals surface area contributed by atoms with E-state index >= 15 is 0 Å². The molecule has 8 heteroatoms. The minimum atomic E-state index is -0.144. The molecule has 1 aliphatic rings. The number of ether oxygens (including phenoxy) is 2. The molecule has 0 aliphatic carbocycles. The first-order valence-corrected chi connectivity index (χ1v) is 11.6. The minimum absolute atomic E-state index is 0.114. The fourth-order valence-corrected chi connectivity index (χ4v) is 8.54. The number of carbonyl (C=O) groups excluding carboxylic acids is 1. The van der Waals surface area contributed by atoms with E-state index < -0.39 is 0 Å². The largest absolute Gasteiger partial charge is 0.480 e. The highest BCUT2D eigenvalue weighted by Crippen LogP contribution is 2.56. The monoisotopic (exact) mass is 461 g/mol. The molecule has 0 spiro atoms. The molecule has 3 rings (SSSR count). The molecular weight excluding hydrogens is 442 g/mol. The zero-order valence-electron chi connectivity index (χ0n) is 14.3. The van der Waals surface area contributed by atoms with Crippen molar-refractivity contribution in [3.8, 4) is 5.88 Å². The number of esters is 1. The van der Waals surface area contributed by atoms with Crippen LogP contribution in [0.4, 0.5) is 0 Å².